The van der Waals surface area contributed by atoms with Gasteiger partial charge in [0.25, 0.3) is 0 Å². The van der Waals surface area contributed by atoms with E-state index in [1.54, 1.807) is 29.0 Å². The highest BCUT2D eigenvalue weighted by Gasteiger charge is 2.40. The van der Waals surface area contributed by atoms with E-state index in [-0.39, 0.29) is 5.91 Å². The Bertz CT molecular complexity index is 467. The fourth-order valence-corrected chi connectivity index (χ4v) is 2.59. The molecule has 0 radical (unpaired) electrons. The van der Waals surface area contributed by atoms with Gasteiger partial charge in [0.1, 0.15) is 0 Å². The van der Waals surface area contributed by atoms with E-state index in [1.807, 2.05) is 6.92 Å². The second-order valence-corrected chi connectivity index (χ2v) is 4.56. The molecule has 0 saturated carbocycles. The summed E-state index contributed by atoms with van der Waals surface area (Å²) in [7, 11) is 1.78. The number of hydrogen-bond acceptors (Lipinski definition) is 3. The maximum atomic E-state index is 11.9. The van der Waals surface area contributed by atoms with Crippen LogP contribution in [-0.4, -0.2) is 38.2 Å². The van der Waals surface area contributed by atoms with Gasteiger partial charge in [0.05, 0.1) is 18.2 Å². The molecule has 0 bridgehead atoms. The summed E-state index contributed by atoms with van der Waals surface area (Å²) in [5.41, 5.74) is 0.791. The Morgan fingerprint density at radius 3 is 2.83 bits per heavy atom. The van der Waals surface area contributed by atoms with Gasteiger partial charge in [0.2, 0.25) is 5.91 Å². The summed E-state index contributed by atoms with van der Waals surface area (Å²) in [4.78, 5) is 24.9. The molecule has 2 rings (SSSR count). The molecule has 1 aromatic heterocycles. The molecule has 1 saturated heterocycles. The summed E-state index contributed by atoms with van der Waals surface area (Å²) in [6.07, 6.45) is 4.12. The van der Waals surface area contributed by atoms with Crippen LogP contribution in [0.15, 0.2) is 12.4 Å². The van der Waals surface area contributed by atoms with Crippen LogP contribution in [-0.2, 0) is 16.6 Å². The fraction of sp³-hybridized carbons (Fsp3) is 0.583. The van der Waals surface area contributed by atoms with Crippen LogP contribution in [0.4, 0.5) is 0 Å². The van der Waals surface area contributed by atoms with Crippen molar-refractivity contribution in [1.29, 1.82) is 0 Å². The largest absolute Gasteiger partial charge is 0.481 e. The van der Waals surface area contributed by atoms with Gasteiger partial charge in [-0.3, -0.25) is 14.3 Å². The molecule has 18 heavy (non-hydrogen) atoms. The Morgan fingerprint density at radius 1 is 1.61 bits per heavy atom. The highest BCUT2D eigenvalue weighted by Crippen LogP contribution is 2.36. The molecular formula is C12H17N3O3. The Balaban J connectivity index is 2.39. The van der Waals surface area contributed by atoms with Crippen molar-refractivity contribution in [3.63, 3.8) is 0 Å². The Labute approximate surface area is 105 Å². The Morgan fingerprint density at radius 2 is 2.33 bits per heavy atom. The van der Waals surface area contributed by atoms with E-state index >= 15 is 0 Å². The van der Waals surface area contributed by atoms with Crippen LogP contribution in [0.3, 0.4) is 0 Å². The van der Waals surface area contributed by atoms with Gasteiger partial charge in [-0.1, -0.05) is 0 Å². The third kappa shape index (κ3) is 2.10. The van der Waals surface area contributed by atoms with Crippen molar-refractivity contribution < 1.29 is 14.7 Å². The monoisotopic (exact) mass is 251 g/mol. The lowest BCUT2D eigenvalue weighted by atomic mass is 9.85. The molecule has 1 N–H and O–H groups in total. The normalized spacial score (nSPS) is 24.3. The number of carbonyl (C=O) groups is 2. The molecule has 2 atom stereocenters. The zero-order chi connectivity index (χ0) is 13.3. The van der Waals surface area contributed by atoms with E-state index in [0.29, 0.717) is 19.4 Å². The zero-order valence-electron chi connectivity index (χ0n) is 10.5. The van der Waals surface area contributed by atoms with Crippen molar-refractivity contribution >= 4 is 11.9 Å². The van der Waals surface area contributed by atoms with E-state index in [9.17, 15) is 14.7 Å². The van der Waals surface area contributed by atoms with Crippen LogP contribution >= 0.6 is 0 Å². The van der Waals surface area contributed by atoms with Crippen LogP contribution in [0.1, 0.15) is 31.4 Å². The molecule has 6 nitrogen and oxygen atoms in total. The van der Waals surface area contributed by atoms with Crippen molar-refractivity contribution in [2.75, 3.05) is 6.54 Å². The number of likely N-dealkylation sites (tertiary alicyclic amines) is 1. The number of aromatic nitrogens is 2. The van der Waals surface area contributed by atoms with Gasteiger partial charge in [-0.15, -0.1) is 0 Å². The topological polar surface area (TPSA) is 75.4 Å². The van der Waals surface area contributed by atoms with Gasteiger partial charge in [0, 0.05) is 31.8 Å². The molecule has 0 unspecified atom stereocenters. The molecule has 1 aliphatic heterocycles. The number of amides is 1. The molecule has 1 amide bonds. The minimum Gasteiger partial charge on any atom is -0.481 e. The van der Waals surface area contributed by atoms with Crippen molar-refractivity contribution in [2.45, 2.75) is 25.8 Å². The number of rotatable bonds is 3. The Kier molecular flexibility index (Phi) is 3.36. The first-order valence-corrected chi connectivity index (χ1v) is 6.05. The van der Waals surface area contributed by atoms with Crippen molar-refractivity contribution in [2.24, 2.45) is 13.0 Å². The predicted octanol–water partition coefficient (Wildman–Crippen LogP) is 0.804. The van der Waals surface area contributed by atoms with Gasteiger partial charge in [-0.05, 0) is 13.3 Å². The van der Waals surface area contributed by atoms with Crippen LogP contribution in [0.5, 0.6) is 0 Å². The third-order valence-electron chi connectivity index (χ3n) is 3.43. The smallest absolute Gasteiger partial charge is 0.308 e. The molecule has 1 fully saturated rings. The summed E-state index contributed by atoms with van der Waals surface area (Å²) in [6.45, 7) is 2.38. The number of piperidine rings is 1. The highest BCUT2D eigenvalue weighted by molar-refractivity contribution is 5.81. The zero-order valence-corrected chi connectivity index (χ0v) is 10.5. The van der Waals surface area contributed by atoms with Gasteiger partial charge in [-0.2, -0.15) is 5.10 Å². The summed E-state index contributed by atoms with van der Waals surface area (Å²) in [5.74, 6) is -1.38. The highest BCUT2D eigenvalue weighted by atomic mass is 16.4. The number of aryl methyl sites for hydroxylation is 1. The number of carbonyl (C=O) groups excluding carboxylic acids is 1. The minimum atomic E-state index is -0.852. The number of hydrogen-bond donors (Lipinski definition) is 1. The lowest BCUT2D eigenvalue weighted by Gasteiger charge is -2.38. The molecule has 2 heterocycles. The molecule has 6 heteroatoms. The molecule has 98 valence electrons. The average molecular weight is 251 g/mol. The number of aliphatic carboxylic acids is 1. The average Bonchev–Trinajstić information content (AvgIpc) is 2.74. The first-order chi connectivity index (χ1) is 8.54. The summed E-state index contributed by atoms with van der Waals surface area (Å²) in [6, 6.07) is -0.401. The lowest BCUT2D eigenvalue weighted by Crippen LogP contribution is -2.45. The number of carboxylic acids is 1. The predicted molar refractivity (Wildman–Crippen MR) is 63.7 cm³/mol. The Hall–Kier alpha value is -1.85. The van der Waals surface area contributed by atoms with Gasteiger partial charge in [0.15, 0.2) is 0 Å². The van der Waals surface area contributed by atoms with E-state index < -0.39 is 17.9 Å². The fourth-order valence-electron chi connectivity index (χ4n) is 2.59. The maximum absolute atomic E-state index is 11.9. The van der Waals surface area contributed by atoms with Gasteiger partial charge in [-0.25, -0.2) is 0 Å². The standard InChI is InChI=1S/C12H17N3O3/c1-3-15-10(16)5-4-9(12(17)18)11(15)8-6-13-14(2)7-8/h6-7,9,11H,3-5H2,1-2H3,(H,17,18)/t9-,11-/m0/s1. The molecule has 0 aliphatic carbocycles. The SMILES string of the molecule is CCN1C(=O)CC[C@H](C(=O)O)[C@@H]1c1cnn(C)c1. The first kappa shape index (κ1) is 12.6. The number of nitrogens with zero attached hydrogens (tertiary/aromatic N) is 3. The molecular weight excluding hydrogens is 234 g/mol. The molecule has 0 aromatic carbocycles. The molecule has 1 aliphatic rings. The van der Waals surface area contributed by atoms with E-state index in [0.717, 1.165) is 5.56 Å². The van der Waals surface area contributed by atoms with Crippen molar-refractivity contribution in [3.8, 4) is 0 Å². The lowest BCUT2D eigenvalue weighted by molar-refractivity contribution is -0.151. The summed E-state index contributed by atoms with van der Waals surface area (Å²) in [5, 5.41) is 13.4. The maximum Gasteiger partial charge on any atom is 0.308 e. The van der Waals surface area contributed by atoms with Crippen LogP contribution in [0, 0.1) is 5.92 Å². The summed E-state index contributed by atoms with van der Waals surface area (Å²) >= 11 is 0. The number of carboxylic acid groups (broad SMARTS) is 1. The van der Waals surface area contributed by atoms with Crippen LogP contribution in [0.25, 0.3) is 0 Å². The third-order valence-corrected chi connectivity index (χ3v) is 3.43. The van der Waals surface area contributed by atoms with Gasteiger partial charge < -0.3 is 10.0 Å². The quantitative estimate of drug-likeness (QED) is 0.862. The first-order valence-electron chi connectivity index (χ1n) is 6.05. The van der Waals surface area contributed by atoms with E-state index in [1.165, 1.54) is 0 Å². The van der Waals surface area contributed by atoms with Crippen LogP contribution in [0.2, 0.25) is 0 Å². The van der Waals surface area contributed by atoms with E-state index in [4.69, 9.17) is 0 Å². The second kappa shape index (κ2) is 4.80. The van der Waals surface area contributed by atoms with Gasteiger partial charge >= 0.3 is 5.97 Å². The molecule has 1 aromatic rings. The van der Waals surface area contributed by atoms with Crippen molar-refractivity contribution in [3.05, 3.63) is 18.0 Å². The van der Waals surface area contributed by atoms with Crippen molar-refractivity contribution in [1.82, 2.24) is 14.7 Å². The second-order valence-electron chi connectivity index (χ2n) is 4.56. The van der Waals surface area contributed by atoms with Crippen LogP contribution < -0.4 is 0 Å². The van der Waals surface area contributed by atoms with E-state index in [2.05, 4.69) is 5.10 Å². The molecule has 0 spiro atoms. The summed E-state index contributed by atoms with van der Waals surface area (Å²) < 4.78 is 1.63. The minimum absolute atomic E-state index is 0.0175.